The van der Waals surface area contributed by atoms with Gasteiger partial charge in [-0.25, -0.2) is 0 Å². The van der Waals surface area contributed by atoms with Gasteiger partial charge in [0.15, 0.2) is 0 Å². The summed E-state index contributed by atoms with van der Waals surface area (Å²) in [7, 11) is 1.79. The van der Waals surface area contributed by atoms with Crippen LogP contribution in [0.3, 0.4) is 0 Å². The maximum absolute atomic E-state index is 12.4. The van der Waals surface area contributed by atoms with Crippen molar-refractivity contribution < 1.29 is 9.59 Å². The molecule has 0 bridgehead atoms. The van der Waals surface area contributed by atoms with Crippen LogP contribution in [-0.4, -0.2) is 49.6 Å². The van der Waals surface area contributed by atoms with Crippen molar-refractivity contribution in [2.75, 3.05) is 13.1 Å². The minimum atomic E-state index is -0.168. The Morgan fingerprint density at radius 1 is 1.23 bits per heavy atom. The molecular weight excluding hydrogens is 332 g/mol. The van der Waals surface area contributed by atoms with Gasteiger partial charge < -0.3 is 10.2 Å². The Labute approximate surface area is 152 Å². The lowest BCUT2D eigenvalue weighted by atomic mass is 9.92. The Hall–Kier alpha value is -2.77. The molecule has 3 rings (SSSR count). The number of rotatable bonds is 4. The summed E-state index contributed by atoms with van der Waals surface area (Å²) < 4.78 is 1.63. The van der Waals surface area contributed by atoms with Crippen LogP contribution in [0.25, 0.3) is 0 Å². The fourth-order valence-corrected chi connectivity index (χ4v) is 3.40. The maximum Gasteiger partial charge on any atom is 0.255 e. The number of carbonyl (C=O) groups excluding carboxylic acids is 2. The van der Waals surface area contributed by atoms with Crippen LogP contribution in [0.1, 0.15) is 53.1 Å². The lowest BCUT2D eigenvalue weighted by molar-refractivity contribution is -0.129. The third kappa shape index (κ3) is 3.89. The van der Waals surface area contributed by atoms with Crippen molar-refractivity contribution >= 4 is 11.8 Å². The van der Waals surface area contributed by atoms with Gasteiger partial charge >= 0.3 is 0 Å². The third-order valence-corrected chi connectivity index (χ3v) is 4.81. The Morgan fingerprint density at radius 3 is 2.54 bits per heavy atom. The van der Waals surface area contributed by atoms with Gasteiger partial charge in [0.25, 0.3) is 5.91 Å². The average Bonchev–Trinajstić information content (AvgIpc) is 2.98. The van der Waals surface area contributed by atoms with E-state index in [1.807, 2.05) is 11.8 Å². The number of carbonyl (C=O) groups is 2. The Morgan fingerprint density at radius 2 is 1.92 bits per heavy atom. The molecule has 2 amide bonds. The average molecular weight is 356 g/mol. The lowest BCUT2D eigenvalue weighted by Crippen LogP contribution is -2.37. The first kappa shape index (κ1) is 18.0. The molecule has 2 aromatic heterocycles. The summed E-state index contributed by atoms with van der Waals surface area (Å²) >= 11 is 0. The van der Waals surface area contributed by atoms with Gasteiger partial charge in [-0.05, 0) is 19.8 Å². The molecule has 2 aromatic rings. The maximum atomic E-state index is 12.4. The number of hydrogen-bond donors (Lipinski definition) is 1. The van der Waals surface area contributed by atoms with E-state index in [4.69, 9.17) is 0 Å². The summed E-state index contributed by atoms with van der Waals surface area (Å²) in [5, 5.41) is 7.11. The fourth-order valence-electron chi connectivity index (χ4n) is 3.40. The first-order valence-corrected chi connectivity index (χ1v) is 8.79. The molecule has 1 N–H and O–H groups in total. The highest BCUT2D eigenvalue weighted by atomic mass is 16.2. The molecule has 138 valence electrons. The van der Waals surface area contributed by atoms with Crippen LogP contribution >= 0.6 is 0 Å². The quantitative estimate of drug-likeness (QED) is 0.888. The number of piperidine rings is 1. The van der Waals surface area contributed by atoms with Gasteiger partial charge in [-0.1, -0.05) is 0 Å². The summed E-state index contributed by atoms with van der Waals surface area (Å²) in [5.74, 6) is 0.201. The standard InChI is InChI=1S/C18H24N6O2/c1-12-15(11-23(3)22-12)18(26)21-10-16-17(20-7-6-19-16)14-4-8-24(9-5-14)13(2)25/h6-7,11,14H,4-5,8-10H2,1-3H3,(H,21,26). The van der Waals surface area contributed by atoms with Gasteiger partial charge in [0.2, 0.25) is 5.91 Å². The van der Waals surface area contributed by atoms with E-state index in [1.165, 1.54) is 0 Å². The number of nitrogens with zero attached hydrogens (tertiary/aromatic N) is 5. The van der Waals surface area contributed by atoms with Gasteiger partial charge in [0, 0.05) is 51.6 Å². The molecule has 0 spiro atoms. The normalized spacial score (nSPS) is 15.1. The van der Waals surface area contributed by atoms with E-state index in [9.17, 15) is 9.59 Å². The molecule has 0 unspecified atom stereocenters. The van der Waals surface area contributed by atoms with E-state index in [2.05, 4.69) is 20.4 Å². The number of aryl methyl sites for hydroxylation is 2. The first-order valence-electron chi connectivity index (χ1n) is 8.79. The van der Waals surface area contributed by atoms with E-state index in [0.717, 1.165) is 37.3 Å². The van der Waals surface area contributed by atoms with E-state index in [1.54, 1.807) is 37.2 Å². The molecule has 26 heavy (non-hydrogen) atoms. The van der Waals surface area contributed by atoms with Crippen LogP contribution < -0.4 is 5.32 Å². The Balaban J connectivity index is 1.67. The molecular formula is C18H24N6O2. The zero-order valence-electron chi connectivity index (χ0n) is 15.4. The molecule has 0 aliphatic carbocycles. The third-order valence-electron chi connectivity index (χ3n) is 4.81. The summed E-state index contributed by atoms with van der Waals surface area (Å²) in [6, 6.07) is 0. The van der Waals surface area contributed by atoms with Crippen molar-refractivity contribution in [2.24, 2.45) is 7.05 Å². The van der Waals surface area contributed by atoms with Crippen LogP contribution in [-0.2, 0) is 18.4 Å². The number of likely N-dealkylation sites (tertiary alicyclic amines) is 1. The predicted molar refractivity (Wildman–Crippen MR) is 95.4 cm³/mol. The minimum absolute atomic E-state index is 0.113. The zero-order valence-corrected chi connectivity index (χ0v) is 15.4. The fraction of sp³-hybridized carbons (Fsp3) is 0.500. The number of amides is 2. The summed E-state index contributed by atoms with van der Waals surface area (Å²) in [5.41, 5.74) is 2.95. The molecule has 1 saturated heterocycles. The second-order valence-electron chi connectivity index (χ2n) is 6.65. The highest BCUT2D eigenvalue weighted by Crippen LogP contribution is 2.28. The largest absolute Gasteiger partial charge is 0.346 e. The van der Waals surface area contributed by atoms with Crippen LogP contribution in [0.5, 0.6) is 0 Å². The van der Waals surface area contributed by atoms with Crippen molar-refractivity contribution in [1.82, 2.24) is 30.0 Å². The molecule has 0 aromatic carbocycles. The lowest BCUT2D eigenvalue weighted by Gasteiger charge is -2.31. The predicted octanol–water partition coefficient (Wildman–Crippen LogP) is 1.17. The molecule has 3 heterocycles. The van der Waals surface area contributed by atoms with E-state index >= 15 is 0 Å². The summed E-state index contributed by atoms with van der Waals surface area (Å²) in [6.07, 6.45) is 6.76. The zero-order chi connectivity index (χ0) is 18.7. The highest BCUT2D eigenvalue weighted by molar-refractivity contribution is 5.94. The van der Waals surface area contributed by atoms with Gasteiger partial charge in [0.05, 0.1) is 29.2 Å². The summed E-state index contributed by atoms with van der Waals surface area (Å²) in [4.78, 5) is 34.7. The smallest absolute Gasteiger partial charge is 0.255 e. The van der Waals surface area contributed by atoms with Crippen molar-refractivity contribution in [3.05, 3.63) is 41.2 Å². The molecule has 1 fully saturated rings. The SMILES string of the molecule is CC(=O)N1CCC(c2nccnc2CNC(=O)c2cn(C)nc2C)CC1. The molecule has 1 aliphatic heterocycles. The molecule has 0 radical (unpaired) electrons. The van der Waals surface area contributed by atoms with Gasteiger partial charge in [-0.3, -0.25) is 24.2 Å². The topological polar surface area (TPSA) is 93.0 Å². The van der Waals surface area contributed by atoms with Gasteiger partial charge in [0.1, 0.15) is 0 Å². The highest BCUT2D eigenvalue weighted by Gasteiger charge is 2.25. The number of nitrogens with one attached hydrogen (secondary N) is 1. The van der Waals surface area contributed by atoms with Crippen LogP contribution in [0, 0.1) is 6.92 Å². The monoisotopic (exact) mass is 356 g/mol. The molecule has 1 aliphatic rings. The summed E-state index contributed by atoms with van der Waals surface area (Å²) in [6.45, 7) is 5.20. The van der Waals surface area contributed by atoms with Gasteiger partial charge in [-0.15, -0.1) is 0 Å². The molecule has 0 atom stereocenters. The Bertz CT molecular complexity index is 808. The first-order chi connectivity index (χ1) is 12.5. The van der Waals surface area contributed by atoms with Crippen molar-refractivity contribution in [1.29, 1.82) is 0 Å². The van der Waals surface area contributed by atoms with E-state index in [0.29, 0.717) is 17.8 Å². The number of aromatic nitrogens is 4. The second-order valence-corrected chi connectivity index (χ2v) is 6.65. The minimum Gasteiger partial charge on any atom is -0.346 e. The molecule has 8 nitrogen and oxygen atoms in total. The van der Waals surface area contributed by atoms with E-state index < -0.39 is 0 Å². The van der Waals surface area contributed by atoms with Crippen molar-refractivity contribution in [3.8, 4) is 0 Å². The van der Waals surface area contributed by atoms with Crippen molar-refractivity contribution in [2.45, 2.75) is 39.2 Å². The van der Waals surface area contributed by atoms with Crippen molar-refractivity contribution in [3.63, 3.8) is 0 Å². The molecule has 0 saturated carbocycles. The van der Waals surface area contributed by atoms with Crippen LogP contribution in [0.15, 0.2) is 18.6 Å². The molecule has 8 heteroatoms. The van der Waals surface area contributed by atoms with E-state index in [-0.39, 0.29) is 17.7 Å². The Kier molecular flexibility index (Phi) is 5.29. The van der Waals surface area contributed by atoms with Gasteiger partial charge in [-0.2, -0.15) is 5.10 Å². The second kappa shape index (κ2) is 7.63. The van der Waals surface area contributed by atoms with Crippen LogP contribution in [0.2, 0.25) is 0 Å². The number of hydrogen-bond acceptors (Lipinski definition) is 5. The van der Waals surface area contributed by atoms with Crippen LogP contribution in [0.4, 0.5) is 0 Å².